The van der Waals surface area contributed by atoms with Gasteiger partial charge in [-0.15, -0.1) is 0 Å². The Bertz CT molecular complexity index is 552. The summed E-state index contributed by atoms with van der Waals surface area (Å²) in [4.78, 5) is 17.7. The van der Waals surface area contributed by atoms with Crippen molar-refractivity contribution in [2.24, 2.45) is 5.92 Å². The number of benzene rings is 1. The minimum absolute atomic E-state index is 0.320. The molecule has 3 fully saturated rings. The van der Waals surface area contributed by atoms with Gasteiger partial charge < -0.3 is 4.90 Å². The summed E-state index contributed by atoms with van der Waals surface area (Å²) in [6.07, 6.45) is 10.1. The van der Waals surface area contributed by atoms with E-state index in [4.69, 9.17) is 0 Å². The van der Waals surface area contributed by atoms with Crippen molar-refractivity contribution in [3.8, 4) is 0 Å². The molecule has 0 aromatic heterocycles. The van der Waals surface area contributed by atoms with Crippen LogP contribution in [0.4, 0.5) is 0 Å². The van der Waals surface area contributed by atoms with Crippen LogP contribution in [0.1, 0.15) is 50.5 Å². The van der Waals surface area contributed by atoms with E-state index in [2.05, 4.69) is 21.9 Å². The third-order valence-electron chi connectivity index (χ3n) is 6.42. The molecule has 0 radical (unpaired) electrons. The number of likely N-dealkylation sites (tertiary alicyclic amines) is 2. The number of fused-ring (bicyclic) bond motifs is 1. The summed E-state index contributed by atoms with van der Waals surface area (Å²) in [5, 5.41) is 0. The lowest BCUT2D eigenvalue weighted by molar-refractivity contribution is -0.129. The van der Waals surface area contributed by atoms with Gasteiger partial charge in [-0.05, 0) is 43.7 Å². The van der Waals surface area contributed by atoms with E-state index < -0.39 is 0 Å². The maximum absolute atomic E-state index is 12.8. The third-order valence-corrected chi connectivity index (χ3v) is 6.42. The number of carbonyl (C=O) groups is 1. The zero-order valence-electron chi connectivity index (χ0n) is 14.7. The molecule has 2 aliphatic heterocycles. The molecule has 2 heterocycles. The largest absolute Gasteiger partial charge is 0.340 e. The molecule has 3 nitrogen and oxygen atoms in total. The minimum Gasteiger partial charge on any atom is -0.340 e. The second kappa shape index (κ2) is 7.26. The maximum Gasteiger partial charge on any atom is 0.227 e. The molecule has 1 aromatic rings. The molecule has 3 heteroatoms. The van der Waals surface area contributed by atoms with Crippen molar-refractivity contribution in [2.45, 2.75) is 63.5 Å². The number of nitrogens with zero attached hydrogens (tertiary/aromatic N) is 2. The van der Waals surface area contributed by atoms with Crippen LogP contribution >= 0.6 is 0 Å². The highest BCUT2D eigenvalue weighted by atomic mass is 16.2. The number of amides is 1. The average Bonchev–Trinajstić information content (AvgIpc) is 3.23. The average molecular weight is 326 g/mol. The van der Waals surface area contributed by atoms with E-state index in [9.17, 15) is 4.79 Å². The highest BCUT2D eigenvalue weighted by molar-refractivity contribution is 5.79. The molecule has 1 aliphatic carbocycles. The van der Waals surface area contributed by atoms with Crippen LogP contribution in [-0.4, -0.2) is 47.4 Å². The second-order valence-electron chi connectivity index (χ2n) is 7.96. The quantitative estimate of drug-likeness (QED) is 0.849. The van der Waals surface area contributed by atoms with Gasteiger partial charge in [0, 0.05) is 25.2 Å². The number of hydrogen-bond acceptors (Lipinski definition) is 2. The highest BCUT2D eigenvalue weighted by Gasteiger charge is 2.41. The molecule has 0 bridgehead atoms. The van der Waals surface area contributed by atoms with Gasteiger partial charge in [0.25, 0.3) is 0 Å². The monoisotopic (exact) mass is 326 g/mol. The number of hydrogen-bond donors (Lipinski definition) is 0. The van der Waals surface area contributed by atoms with Gasteiger partial charge in [0.1, 0.15) is 0 Å². The molecule has 0 spiro atoms. The highest BCUT2D eigenvalue weighted by Crippen LogP contribution is 2.35. The van der Waals surface area contributed by atoms with Gasteiger partial charge in [-0.1, -0.05) is 49.6 Å². The molecule has 0 N–H and O–H groups in total. The van der Waals surface area contributed by atoms with E-state index >= 15 is 0 Å². The van der Waals surface area contributed by atoms with Crippen LogP contribution in [0.2, 0.25) is 0 Å². The fourth-order valence-corrected chi connectivity index (χ4v) is 5.16. The van der Waals surface area contributed by atoms with Gasteiger partial charge in [0.15, 0.2) is 0 Å². The Labute approximate surface area is 146 Å². The molecule has 0 unspecified atom stereocenters. The summed E-state index contributed by atoms with van der Waals surface area (Å²) < 4.78 is 0. The van der Waals surface area contributed by atoms with Crippen LogP contribution in [0.25, 0.3) is 0 Å². The van der Waals surface area contributed by atoms with E-state index in [0.29, 0.717) is 24.3 Å². The Morgan fingerprint density at radius 1 is 0.958 bits per heavy atom. The van der Waals surface area contributed by atoms with Gasteiger partial charge in [-0.2, -0.15) is 0 Å². The van der Waals surface area contributed by atoms with Crippen LogP contribution in [0.5, 0.6) is 0 Å². The fourth-order valence-electron chi connectivity index (χ4n) is 5.16. The predicted octanol–water partition coefficient (Wildman–Crippen LogP) is 3.48. The van der Waals surface area contributed by atoms with E-state index in [1.165, 1.54) is 51.5 Å². The summed E-state index contributed by atoms with van der Waals surface area (Å²) >= 11 is 0. The molecule has 2 atom stereocenters. The predicted molar refractivity (Wildman–Crippen MR) is 96.8 cm³/mol. The first kappa shape index (κ1) is 16.1. The van der Waals surface area contributed by atoms with Crippen molar-refractivity contribution in [1.29, 1.82) is 0 Å². The van der Waals surface area contributed by atoms with Crippen molar-refractivity contribution in [2.75, 3.05) is 19.6 Å². The van der Waals surface area contributed by atoms with E-state index in [0.717, 1.165) is 24.7 Å². The normalized spacial score (nSPS) is 28.8. The van der Waals surface area contributed by atoms with Crippen molar-refractivity contribution in [3.05, 3.63) is 35.9 Å². The Morgan fingerprint density at radius 3 is 2.50 bits per heavy atom. The zero-order valence-corrected chi connectivity index (χ0v) is 14.7. The summed E-state index contributed by atoms with van der Waals surface area (Å²) in [7, 11) is 0. The summed E-state index contributed by atoms with van der Waals surface area (Å²) in [6, 6.07) is 11.6. The van der Waals surface area contributed by atoms with E-state index in [1.54, 1.807) is 0 Å². The molecular formula is C21H30N2O. The first-order chi connectivity index (χ1) is 11.8. The van der Waals surface area contributed by atoms with E-state index in [-0.39, 0.29) is 0 Å². The number of rotatable bonds is 3. The topological polar surface area (TPSA) is 23.6 Å². The molecule has 1 amide bonds. The van der Waals surface area contributed by atoms with Crippen molar-refractivity contribution < 1.29 is 4.79 Å². The lowest BCUT2D eigenvalue weighted by atomic mass is 9.97. The van der Waals surface area contributed by atoms with Crippen molar-refractivity contribution in [1.82, 2.24) is 9.80 Å². The first-order valence-electron chi connectivity index (χ1n) is 9.89. The Morgan fingerprint density at radius 2 is 1.71 bits per heavy atom. The SMILES string of the molecule is O=C(Cc1ccccc1)N1C[C@@H]2CCCCN(C3CCCC3)[C@@H]2C1. The van der Waals surface area contributed by atoms with Crippen LogP contribution in [0.15, 0.2) is 30.3 Å². The minimum atomic E-state index is 0.320. The Kier molecular flexibility index (Phi) is 4.88. The van der Waals surface area contributed by atoms with E-state index in [1.807, 2.05) is 18.2 Å². The van der Waals surface area contributed by atoms with Crippen LogP contribution in [-0.2, 0) is 11.2 Å². The van der Waals surface area contributed by atoms with Crippen LogP contribution in [0, 0.1) is 5.92 Å². The molecule has 24 heavy (non-hydrogen) atoms. The fraction of sp³-hybridized carbons (Fsp3) is 0.667. The Balaban J connectivity index is 1.43. The van der Waals surface area contributed by atoms with Gasteiger partial charge in [0.05, 0.1) is 6.42 Å². The molecule has 130 valence electrons. The lowest BCUT2D eigenvalue weighted by Gasteiger charge is -2.35. The number of carbonyl (C=O) groups excluding carboxylic acids is 1. The molecule has 1 saturated carbocycles. The summed E-state index contributed by atoms with van der Waals surface area (Å²) in [5.74, 6) is 1.02. The Hall–Kier alpha value is -1.35. The third kappa shape index (κ3) is 3.37. The zero-order chi connectivity index (χ0) is 16.4. The van der Waals surface area contributed by atoms with Crippen LogP contribution < -0.4 is 0 Å². The smallest absolute Gasteiger partial charge is 0.227 e. The van der Waals surface area contributed by atoms with Gasteiger partial charge in [-0.3, -0.25) is 9.69 Å². The lowest BCUT2D eigenvalue weighted by Crippen LogP contribution is -2.46. The maximum atomic E-state index is 12.8. The summed E-state index contributed by atoms with van der Waals surface area (Å²) in [6.45, 7) is 3.21. The molecular weight excluding hydrogens is 296 g/mol. The van der Waals surface area contributed by atoms with Gasteiger partial charge in [0.2, 0.25) is 5.91 Å². The van der Waals surface area contributed by atoms with Crippen LogP contribution in [0.3, 0.4) is 0 Å². The first-order valence-corrected chi connectivity index (χ1v) is 9.89. The molecule has 1 aromatic carbocycles. The standard InChI is InChI=1S/C21H30N2O/c24-21(14-17-8-2-1-3-9-17)22-15-18-10-6-7-13-23(20(18)16-22)19-11-4-5-12-19/h1-3,8-9,18-20H,4-7,10-16H2/t18-,20+/m0/s1. The summed E-state index contributed by atoms with van der Waals surface area (Å²) in [5.41, 5.74) is 1.14. The van der Waals surface area contributed by atoms with Gasteiger partial charge in [-0.25, -0.2) is 0 Å². The van der Waals surface area contributed by atoms with Gasteiger partial charge >= 0.3 is 0 Å². The molecule has 4 rings (SSSR count). The molecule has 2 saturated heterocycles. The molecule has 3 aliphatic rings. The van der Waals surface area contributed by atoms with Crippen molar-refractivity contribution in [3.63, 3.8) is 0 Å². The van der Waals surface area contributed by atoms with Crippen molar-refractivity contribution >= 4 is 5.91 Å². The second-order valence-corrected chi connectivity index (χ2v) is 7.96.